The van der Waals surface area contributed by atoms with E-state index in [9.17, 15) is 9.59 Å². The van der Waals surface area contributed by atoms with Crippen molar-refractivity contribution in [3.8, 4) is 5.75 Å². The minimum absolute atomic E-state index is 0.00857. The fraction of sp³-hybridized carbons (Fsp3) is 0.400. The Balaban J connectivity index is 1.90. The van der Waals surface area contributed by atoms with Crippen molar-refractivity contribution in [1.82, 2.24) is 10.2 Å². The van der Waals surface area contributed by atoms with Crippen molar-refractivity contribution in [3.05, 3.63) is 51.7 Å². The molecule has 0 aliphatic heterocycles. The molecule has 6 heteroatoms. The average Bonchev–Trinajstić information content (AvgIpc) is 3.06. The zero-order valence-corrected chi connectivity index (χ0v) is 16.6. The van der Waals surface area contributed by atoms with Gasteiger partial charge in [0.2, 0.25) is 5.91 Å². The van der Waals surface area contributed by atoms with E-state index in [1.807, 2.05) is 62.3 Å². The molecule has 1 heterocycles. The number of thiophene rings is 1. The summed E-state index contributed by atoms with van der Waals surface area (Å²) in [5.41, 5.74) is 1.02. The number of likely N-dealkylation sites (N-methyl/N-ethyl adjacent to an activating group) is 1. The van der Waals surface area contributed by atoms with Crippen molar-refractivity contribution in [3.63, 3.8) is 0 Å². The summed E-state index contributed by atoms with van der Waals surface area (Å²) < 4.78 is 5.43. The Hall–Kier alpha value is -2.18. The molecule has 26 heavy (non-hydrogen) atoms. The van der Waals surface area contributed by atoms with Crippen LogP contribution in [0.3, 0.4) is 0 Å². The Kier molecular flexibility index (Phi) is 7.36. The first kappa shape index (κ1) is 20.1. The molecule has 5 nitrogen and oxygen atoms in total. The number of aryl methyl sites for hydroxylation is 1. The van der Waals surface area contributed by atoms with Crippen LogP contribution in [0.25, 0.3) is 0 Å². The zero-order valence-electron chi connectivity index (χ0n) is 15.7. The fourth-order valence-corrected chi connectivity index (χ4v) is 3.58. The van der Waals surface area contributed by atoms with E-state index in [1.165, 1.54) is 11.3 Å². The lowest BCUT2D eigenvalue weighted by atomic mass is 10.0. The number of carbonyl (C=O) groups is 2. The van der Waals surface area contributed by atoms with Crippen molar-refractivity contribution in [2.24, 2.45) is 0 Å². The molecule has 1 unspecified atom stereocenters. The van der Waals surface area contributed by atoms with E-state index >= 15 is 0 Å². The Morgan fingerprint density at radius 2 is 1.88 bits per heavy atom. The third-order valence-electron chi connectivity index (χ3n) is 4.21. The zero-order chi connectivity index (χ0) is 19.1. The van der Waals surface area contributed by atoms with Crippen molar-refractivity contribution < 1.29 is 14.3 Å². The van der Waals surface area contributed by atoms with Crippen LogP contribution in [0.15, 0.2) is 36.4 Å². The maximum atomic E-state index is 12.2. The number of carbonyl (C=O) groups excluding carboxylic acids is 2. The predicted octanol–water partition coefficient (Wildman–Crippen LogP) is 3.45. The second-order valence-corrected chi connectivity index (χ2v) is 7.65. The predicted molar refractivity (Wildman–Crippen MR) is 105 cm³/mol. The standard InChI is InChI=1S/C20H26N2O3S/c1-14-9-11-19(26-14)17(23)10-12-20(24)21-13-16(22(2)3)15-7-5-6-8-18(15)25-4/h5-9,11,16H,10,12-13H2,1-4H3,(H,21,24). The Labute approximate surface area is 159 Å². The van der Waals surface area contributed by atoms with Gasteiger partial charge in [-0.05, 0) is 39.2 Å². The van der Waals surface area contributed by atoms with Gasteiger partial charge in [0.1, 0.15) is 5.75 Å². The number of hydrogen-bond donors (Lipinski definition) is 1. The van der Waals surface area contributed by atoms with Gasteiger partial charge in [0.15, 0.2) is 5.78 Å². The minimum atomic E-state index is -0.117. The van der Waals surface area contributed by atoms with Crippen LogP contribution in [0.5, 0.6) is 5.75 Å². The van der Waals surface area contributed by atoms with Crippen molar-refractivity contribution in [2.45, 2.75) is 25.8 Å². The maximum absolute atomic E-state index is 12.2. The highest BCUT2D eigenvalue weighted by molar-refractivity contribution is 7.14. The van der Waals surface area contributed by atoms with Gasteiger partial charge in [-0.15, -0.1) is 11.3 Å². The first-order valence-corrected chi connectivity index (χ1v) is 9.39. The van der Waals surface area contributed by atoms with E-state index in [1.54, 1.807) is 7.11 Å². The molecular formula is C20H26N2O3S. The van der Waals surface area contributed by atoms with Gasteiger partial charge in [0.25, 0.3) is 0 Å². The van der Waals surface area contributed by atoms with Crippen LogP contribution in [-0.2, 0) is 4.79 Å². The van der Waals surface area contributed by atoms with E-state index in [2.05, 4.69) is 5.32 Å². The van der Waals surface area contributed by atoms with E-state index in [0.29, 0.717) is 6.54 Å². The van der Waals surface area contributed by atoms with E-state index in [-0.39, 0.29) is 30.6 Å². The molecule has 0 spiro atoms. The number of Topliss-reactive ketones (excluding diaryl/α,β-unsaturated/α-hetero) is 1. The van der Waals surface area contributed by atoms with Crippen LogP contribution in [0.1, 0.15) is 39.0 Å². The summed E-state index contributed by atoms with van der Waals surface area (Å²) in [4.78, 5) is 28.2. The molecule has 0 bridgehead atoms. The summed E-state index contributed by atoms with van der Waals surface area (Å²) in [7, 11) is 5.57. The van der Waals surface area contributed by atoms with Crippen molar-refractivity contribution >= 4 is 23.0 Å². The third kappa shape index (κ3) is 5.41. The van der Waals surface area contributed by atoms with Crippen LogP contribution in [0.2, 0.25) is 0 Å². The van der Waals surface area contributed by atoms with E-state index < -0.39 is 0 Å². The smallest absolute Gasteiger partial charge is 0.220 e. The lowest BCUT2D eigenvalue weighted by Crippen LogP contribution is -2.34. The Morgan fingerprint density at radius 1 is 1.15 bits per heavy atom. The molecule has 1 N–H and O–H groups in total. The number of hydrogen-bond acceptors (Lipinski definition) is 5. The maximum Gasteiger partial charge on any atom is 0.220 e. The van der Waals surface area contributed by atoms with E-state index in [4.69, 9.17) is 4.74 Å². The molecule has 0 saturated carbocycles. The Morgan fingerprint density at radius 3 is 2.50 bits per heavy atom. The normalized spacial score (nSPS) is 12.0. The second-order valence-electron chi connectivity index (χ2n) is 6.36. The molecule has 1 aromatic heterocycles. The monoisotopic (exact) mass is 374 g/mol. The highest BCUT2D eigenvalue weighted by atomic mass is 32.1. The molecular weight excluding hydrogens is 348 g/mol. The first-order valence-electron chi connectivity index (χ1n) is 8.58. The lowest BCUT2D eigenvalue weighted by Gasteiger charge is -2.26. The summed E-state index contributed by atoms with van der Waals surface area (Å²) >= 11 is 1.47. The van der Waals surface area contributed by atoms with Crippen LogP contribution < -0.4 is 10.1 Å². The summed E-state index contributed by atoms with van der Waals surface area (Å²) in [5, 5.41) is 2.94. The molecule has 1 amide bonds. The van der Waals surface area contributed by atoms with Gasteiger partial charge in [0.05, 0.1) is 18.0 Å². The van der Waals surface area contributed by atoms with Gasteiger partial charge in [-0.25, -0.2) is 0 Å². The molecule has 1 aromatic carbocycles. The molecule has 2 rings (SSSR count). The average molecular weight is 375 g/mol. The number of benzene rings is 1. The van der Waals surface area contributed by atoms with Gasteiger partial charge in [-0.1, -0.05) is 18.2 Å². The van der Waals surface area contributed by atoms with Crippen LogP contribution in [0.4, 0.5) is 0 Å². The van der Waals surface area contributed by atoms with Gasteiger partial charge >= 0.3 is 0 Å². The van der Waals surface area contributed by atoms with Gasteiger partial charge in [-0.2, -0.15) is 0 Å². The first-order chi connectivity index (χ1) is 12.4. The highest BCUT2D eigenvalue weighted by Gasteiger charge is 2.19. The number of ether oxygens (including phenoxy) is 1. The number of para-hydroxylation sites is 1. The van der Waals surface area contributed by atoms with Gasteiger partial charge in [0, 0.05) is 29.8 Å². The highest BCUT2D eigenvalue weighted by Crippen LogP contribution is 2.27. The summed E-state index contributed by atoms with van der Waals surface area (Å²) in [5.74, 6) is 0.698. The molecule has 0 fully saturated rings. The second kappa shape index (κ2) is 9.50. The van der Waals surface area contributed by atoms with Crippen molar-refractivity contribution in [2.75, 3.05) is 27.7 Å². The van der Waals surface area contributed by atoms with Crippen LogP contribution >= 0.6 is 11.3 Å². The number of ketones is 1. The topological polar surface area (TPSA) is 58.6 Å². The van der Waals surface area contributed by atoms with Gasteiger partial charge < -0.3 is 15.0 Å². The van der Waals surface area contributed by atoms with E-state index in [0.717, 1.165) is 21.1 Å². The number of nitrogens with one attached hydrogen (secondary N) is 1. The molecule has 140 valence electrons. The van der Waals surface area contributed by atoms with Crippen LogP contribution in [-0.4, -0.2) is 44.3 Å². The molecule has 0 radical (unpaired) electrons. The number of nitrogens with zero attached hydrogens (tertiary/aromatic N) is 1. The molecule has 0 saturated heterocycles. The van der Waals surface area contributed by atoms with Crippen LogP contribution in [0, 0.1) is 6.92 Å². The number of amides is 1. The lowest BCUT2D eigenvalue weighted by molar-refractivity contribution is -0.121. The summed E-state index contributed by atoms with van der Waals surface area (Å²) in [6.45, 7) is 2.42. The molecule has 0 aliphatic rings. The third-order valence-corrected chi connectivity index (χ3v) is 5.25. The molecule has 0 aliphatic carbocycles. The molecule has 2 aromatic rings. The Bertz CT molecular complexity index is 755. The SMILES string of the molecule is COc1ccccc1C(CNC(=O)CCC(=O)c1ccc(C)s1)N(C)C. The number of methoxy groups -OCH3 is 1. The number of rotatable bonds is 9. The minimum Gasteiger partial charge on any atom is -0.496 e. The van der Waals surface area contributed by atoms with Crippen molar-refractivity contribution in [1.29, 1.82) is 0 Å². The summed E-state index contributed by atoms with van der Waals surface area (Å²) in [6.07, 6.45) is 0.426. The molecule has 1 atom stereocenters. The quantitative estimate of drug-likeness (QED) is 0.683. The largest absolute Gasteiger partial charge is 0.496 e. The fourth-order valence-electron chi connectivity index (χ4n) is 2.75. The van der Waals surface area contributed by atoms with Gasteiger partial charge in [-0.3, -0.25) is 9.59 Å². The summed E-state index contributed by atoms with van der Waals surface area (Å²) in [6, 6.07) is 11.5.